The number of rotatable bonds is 5. The lowest BCUT2D eigenvalue weighted by Gasteiger charge is -2.33. The summed E-state index contributed by atoms with van der Waals surface area (Å²) in [5.74, 6) is 0.407. The number of nitrogens with two attached hydrogens (primary N) is 1. The van der Waals surface area contributed by atoms with Gasteiger partial charge in [-0.3, -0.25) is 14.2 Å². The molecule has 1 atom stereocenters. The molecule has 35 heavy (non-hydrogen) atoms. The van der Waals surface area contributed by atoms with Gasteiger partial charge in [-0.1, -0.05) is 37.5 Å². The Balaban J connectivity index is 1.55. The van der Waals surface area contributed by atoms with Crippen LogP contribution in [0.1, 0.15) is 65.7 Å². The van der Waals surface area contributed by atoms with Gasteiger partial charge >= 0.3 is 0 Å². The maximum absolute atomic E-state index is 13.8. The van der Waals surface area contributed by atoms with Crippen molar-refractivity contribution in [2.24, 2.45) is 5.73 Å². The summed E-state index contributed by atoms with van der Waals surface area (Å²) >= 11 is 1.20. The Morgan fingerprint density at radius 1 is 1.20 bits per heavy atom. The molecule has 2 fully saturated rings. The predicted molar refractivity (Wildman–Crippen MR) is 138 cm³/mol. The Morgan fingerprint density at radius 2 is 2.00 bits per heavy atom. The lowest BCUT2D eigenvalue weighted by Crippen LogP contribution is -2.45. The number of nitrogens with one attached hydrogen (secondary N) is 1. The minimum absolute atomic E-state index is 0.00972. The molecule has 1 unspecified atom stereocenters. The largest absolute Gasteiger partial charge is 0.349 e. The zero-order valence-corrected chi connectivity index (χ0v) is 20.5. The number of benzene rings is 1. The van der Waals surface area contributed by atoms with E-state index < -0.39 is 0 Å². The van der Waals surface area contributed by atoms with Crippen molar-refractivity contribution in [2.45, 2.75) is 63.6 Å². The van der Waals surface area contributed by atoms with Crippen molar-refractivity contribution in [3.63, 3.8) is 0 Å². The van der Waals surface area contributed by atoms with Gasteiger partial charge in [0.2, 0.25) is 5.95 Å². The topological polar surface area (TPSA) is 117 Å². The summed E-state index contributed by atoms with van der Waals surface area (Å²) in [5.41, 5.74) is 7.87. The average Bonchev–Trinajstić information content (AvgIpc) is 3.31. The molecule has 3 heterocycles. The van der Waals surface area contributed by atoms with Crippen molar-refractivity contribution in [2.75, 3.05) is 18.0 Å². The highest BCUT2D eigenvalue weighted by Crippen LogP contribution is 2.27. The zero-order chi connectivity index (χ0) is 24.4. The molecule has 2 aromatic heterocycles. The SMILES string of the molecule is N#Cc1ccccc1Cn1c(N2CCCC(N)C2)nc2cc(C(=O)NC3CCCCC3)sc2c1=O. The monoisotopic (exact) mass is 490 g/mol. The summed E-state index contributed by atoms with van der Waals surface area (Å²) < 4.78 is 2.09. The molecule has 0 radical (unpaired) electrons. The summed E-state index contributed by atoms with van der Waals surface area (Å²) in [6.45, 7) is 1.59. The molecule has 3 aromatic rings. The molecule has 0 spiro atoms. The van der Waals surface area contributed by atoms with Crippen LogP contribution >= 0.6 is 11.3 Å². The summed E-state index contributed by atoms with van der Waals surface area (Å²) in [7, 11) is 0. The number of aromatic nitrogens is 2. The van der Waals surface area contributed by atoms with Gasteiger partial charge in [0.25, 0.3) is 11.5 Å². The smallest absolute Gasteiger partial charge is 0.273 e. The van der Waals surface area contributed by atoms with E-state index in [4.69, 9.17) is 10.7 Å². The van der Waals surface area contributed by atoms with Crippen LogP contribution in [0.2, 0.25) is 0 Å². The number of fused-ring (bicyclic) bond motifs is 1. The maximum atomic E-state index is 13.8. The number of nitriles is 1. The summed E-state index contributed by atoms with van der Waals surface area (Å²) in [6, 6.07) is 11.4. The van der Waals surface area contributed by atoms with E-state index in [1.807, 2.05) is 18.2 Å². The lowest BCUT2D eigenvalue weighted by molar-refractivity contribution is 0.0932. The van der Waals surface area contributed by atoms with Crippen molar-refractivity contribution in [1.29, 1.82) is 5.26 Å². The molecule has 1 saturated heterocycles. The van der Waals surface area contributed by atoms with E-state index in [1.165, 1.54) is 17.8 Å². The first-order valence-corrected chi connectivity index (χ1v) is 13.2. The zero-order valence-electron chi connectivity index (χ0n) is 19.7. The van der Waals surface area contributed by atoms with Gasteiger partial charge in [0, 0.05) is 25.2 Å². The second kappa shape index (κ2) is 10.2. The number of thiophene rings is 1. The first kappa shape index (κ1) is 23.5. The molecule has 1 saturated carbocycles. The highest BCUT2D eigenvalue weighted by atomic mass is 32.1. The Hall–Kier alpha value is -3.22. The number of amides is 1. The minimum Gasteiger partial charge on any atom is -0.349 e. The second-order valence-corrected chi connectivity index (χ2v) is 10.6. The van der Waals surface area contributed by atoms with Crippen molar-refractivity contribution in [3.05, 3.63) is 56.7 Å². The lowest BCUT2D eigenvalue weighted by atomic mass is 9.95. The van der Waals surface area contributed by atoms with Gasteiger partial charge in [-0.05, 0) is 43.4 Å². The first-order chi connectivity index (χ1) is 17.0. The number of carbonyl (C=O) groups excluding carboxylic acids is 1. The molecule has 3 N–H and O–H groups in total. The first-order valence-electron chi connectivity index (χ1n) is 12.4. The van der Waals surface area contributed by atoms with Crippen molar-refractivity contribution < 1.29 is 4.79 Å². The van der Waals surface area contributed by atoms with Gasteiger partial charge in [0.15, 0.2) is 0 Å². The number of nitrogens with zero attached hydrogens (tertiary/aromatic N) is 4. The molecule has 1 aromatic carbocycles. The average molecular weight is 491 g/mol. The fraction of sp³-hybridized carbons (Fsp3) is 0.462. The Labute approximate surface area is 208 Å². The van der Waals surface area contributed by atoms with Gasteiger partial charge in [0.1, 0.15) is 4.70 Å². The predicted octanol–water partition coefficient (Wildman–Crippen LogP) is 3.37. The molecule has 1 aliphatic carbocycles. The van der Waals surface area contributed by atoms with Gasteiger partial charge < -0.3 is 16.0 Å². The Kier molecular flexibility index (Phi) is 6.84. The van der Waals surface area contributed by atoms with Crippen LogP contribution in [0.15, 0.2) is 35.1 Å². The van der Waals surface area contributed by atoms with Crippen LogP contribution in [0, 0.1) is 11.3 Å². The molecule has 9 heteroatoms. The third kappa shape index (κ3) is 4.95. The molecule has 1 amide bonds. The minimum atomic E-state index is -0.196. The van der Waals surface area contributed by atoms with Gasteiger partial charge in [-0.25, -0.2) is 4.98 Å². The van der Waals surface area contributed by atoms with Crippen LogP contribution in [-0.2, 0) is 6.54 Å². The van der Waals surface area contributed by atoms with E-state index >= 15 is 0 Å². The van der Waals surface area contributed by atoms with Crippen LogP contribution in [0.4, 0.5) is 5.95 Å². The highest BCUT2D eigenvalue weighted by molar-refractivity contribution is 7.20. The van der Waals surface area contributed by atoms with Gasteiger partial charge in [-0.15, -0.1) is 11.3 Å². The molecule has 5 rings (SSSR count). The highest BCUT2D eigenvalue weighted by Gasteiger charge is 2.25. The van der Waals surface area contributed by atoms with Crippen LogP contribution in [0.5, 0.6) is 0 Å². The second-order valence-electron chi connectivity index (χ2n) is 9.55. The number of piperidine rings is 1. The molecule has 0 bridgehead atoms. The number of hydrogen-bond acceptors (Lipinski definition) is 7. The fourth-order valence-electron chi connectivity index (χ4n) is 5.13. The van der Waals surface area contributed by atoms with E-state index in [0.29, 0.717) is 33.2 Å². The van der Waals surface area contributed by atoms with Crippen molar-refractivity contribution in [3.8, 4) is 6.07 Å². The molecule has 8 nitrogen and oxygen atoms in total. The van der Waals surface area contributed by atoms with Crippen LogP contribution in [0.25, 0.3) is 10.2 Å². The summed E-state index contributed by atoms with van der Waals surface area (Å²) in [5, 5.41) is 12.7. The van der Waals surface area contributed by atoms with Crippen molar-refractivity contribution in [1.82, 2.24) is 14.9 Å². The number of hydrogen-bond donors (Lipinski definition) is 2. The summed E-state index contributed by atoms with van der Waals surface area (Å²) in [6.07, 6.45) is 7.34. The number of anilines is 1. The van der Waals surface area contributed by atoms with E-state index in [-0.39, 0.29) is 30.1 Å². The molecular weight excluding hydrogens is 460 g/mol. The quantitative estimate of drug-likeness (QED) is 0.566. The summed E-state index contributed by atoms with van der Waals surface area (Å²) in [4.78, 5) is 34.2. The molecule has 182 valence electrons. The van der Waals surface area contributed by atoms with Crippen LogP contribution < -0.4 is 21.5 Å². The Bertz CT molecular complexity index is 1330. The van der Waals surface area contributed by atoms with Gasteiger partial charge in [0.05, 0.1) is 28.6 Å². The molecular formula is C26H30N6O2S. The van der Waals surface area contributed by atoms with Crippen molar-refractivity contribution >= 4 is 33.4 Å². The van der Waals surface area contributed by atoms with Gasteiger partial charge in [-0.2, -0.15) is 5.26 Å². The van der Waals surface area contributed by atoms with Crippen LogP contribution in [0.3, 0.4) is 0 Å². The molecule has 2 aliphatic rings. The number of carbonyl (C=O) groups is 1. The van der Waals surface area contributed by atoms with E-state index in [0.717, 1.165) is 50.6 Å². The van der Waals surface area contributed by atoms with E-state index in [9.17, 15) is 14.9 Å². The fourth-order valence-corrected chi connectivity index (χ4v) is 6.08. The van der Waals surface area contributed by atoms with Crippen LogP contribution in [-0.4, -0.2) is 40.6 Å². The van der Waals surface area contributed by atoms with E-state index in [1.54, 1.807) is 16.7 Å². The third-order valence-electron chi connectivity index (χ3n) is 6.98. The third-order valence-corrected chi connectivity index (χ3v) is 8.10. The normalized spacial score (nSPS) is 19.0. The van der Waals surface area contributed by atoms with E-state index in [2.05, 4.69) is 16.3 Å². The molecule has 1 aliphatic heterocycles. The maximum Gasteiger partial charge on any atom is 0.273 e. The Morgan fingerprint density at radius 3 is 2.77 bits per heavy atom. The standard InChI is InChI=1S/C26H30N6O2S/c27-14-17-7-4-5-8-18(17)15-32-25(34)23-21(30-26(32)31-12-6-9-19(28)16-31)13-22(35-23)24(33)29-20-10-2-1-3-11-20/h4-5,7-8,13,19-20H,1-3,6,9-12,15-16,28H2,(H,29,33).